The Morgan fingerprint density at radius 1 is 1.21 bits per heavy atom. The first-order chi connectivity index (χ1) is 9.28. The fourth-order valence-corrected chi connectivity index (χ4v) is 2.29. The largest absolute Gasteiger partial charge is 0.495 e. The number of aromatic nitrogens is 1. The van der Waals surface area contributed by atoms with Crippen molar-refractivity contribution >= 4 is 11.8 Å². The van der Waals surface area contributed by atoms with Crippen LogP contribution in [0.2, 0.25) is 0 Å². The second kappa shape index (κ2) is 6.56. The highest BCUT2D eigenvalue weighted by Gasteiger charge is 2.13. The van der Waals surface area contributed by atoms with Gasteiger partial charge in [-0.15, -0.1) is 11.8 Å². The quantitative estimate of drug-likeness (QED) is 0.498. The topological polar surface area (TPSA) is 60.2 Å². The highest BCUT2D eigenvalue weighted by atomic mass is 32.2. The van der Waals surface area contributed by atoms with Gasteiger partial charge in [0, 0.05) is 11.1 Å². The summed E-state index contributed by atoms with van der Waals surface area (Å²) >= 11 is 1.71. The monoisotopic (exact) mass is 275 g/mol. The molecule has 2 aromatic rings. The van der Waals surface area contributed by atoms with Gasteiger partial charge in [-0.1, -0.05) is 12.1 Å². The van der Waals surface area contributed by atoms with Gasteiger partial charge in [-0.2, -0.15) is 0 Å². The number of rotatable bonds is 5. The molecule has 0 amide bonds. The van der Waals surface area contributed by atoms with E-state index in [-0.39, 0.29) is 6.04 Å². The maximum atomic E-state index is 5.68. The second-order valence-electron chi connectivity index (χ2n) is 4.03. The first-order valence-electron chi connectivity index (χ1n) is 5.87. The lowest BCUT2D eigenvalue weighted by molar-refractivity contribution is 0.411. The molecule has 2 rings (SSSR count). The van der Waals surface area contributed by atoms with Crippen LogP contribution < -0.4 is 16.0 Å². The number of hydrogen-bond donors (Lipinski definition) is 2. The van der Waals surface area contributed by atoms with E-state index in [1.165, 1.54) is 4.90 Å². The minimum Gasteiger partial charge on any atom is -0.495 e. The molecule has 1 unspecified atom stereocenters. The number of thioether (sulfide) groups is 1. The molecule has 1 heterocycles. The van der Waals surface area contributed by atoms with Gasteiger partial charge in [0.2, 0.25) is 0 Å². The highest BCUT2D eigenvalue weighted by Crippen LogP contribution is 2.25. The lowest BCUT2D eigenvalue weighted by atomic mass is 10.0. The number of nitrogens with zero attached hydrogens (tertiary/aromatic N) is 1. The summed E-state index contributed by atoms with van der Waals surface area (Å²) in [6, 6.07) is 10.1. The molecule has 0 radical (unpaired) electrons. The predicted molar refractivity (Wildman–Crippen MR) is 78.2 cm³/mol. The normalized spacial score (nSPS) is 12.2. The predicted octanol–water partition coefficient (Wildman–Crippen LogP) is 2.36. The molecule has 4 nitrogen and oxygen atoms in total. The van der Waals surface area contributed by atoms with Gasteiger partial charge in [0.15, 0.2) is 0 Å². The standard InChI is InChI=1S/C14H17N3OS/c1-18-12-7-11(8-16-9-12)14(17-15)10-3-5-13(19-2)6-4-10/h3-9,14,17H,15H2,1-2H3. The van der Waals surface area contributed by atoms with Crippen LogP contribution in [0, 0.1) is 0 Å². The number of nitrogens with one attached hydrogen (secondary N) is 1. The third-order valence-electron chi connectivity index (χ3n) is 2.92. The van der Waals surface area contributed by atoms with Crippen LogP contribution in [0.5, 0.6) is 5.75 Å². The Labute approximate surface area is 117 Å². The molecule has 19 heavy (non-hydrogen) atoms. The number of benzene rings is 1. The molecule has 0 bridgehead atoms. The SMILES string of the molecule is COc1cncc(C(NN)c2ccc(SC)cc2)c1. The van der Waals surface area contributed by atoms with Crippen molar-refractivity contribution in [3.63, 3.8) is 0 Å². The molecule has 100 valence electrons. The Bertz CT molecular complexity index is 530. The van der Waals surface area contributed by atoms with Crippen LogP contribution in [0.3, 0.4) is 0 Å². The summed E-state index contributed by atoms with van der Waals surface area (Å²) in [5.41, 5.74) is 4.89. The van der Waals surface area contributed by atoms with Crippen molar-refractivity contribution in [2.75, 3.05) is 13.4 Å². The molecule has 3 N–H and O–H groups in total. The van der Waals surface area contributed by atoms with Crippen LogP contribution in [0.1, 0.15) is 17.2 Å². The zero-order valence-electron chi connectivity index (χ0n) is 11.0. The molecule has 1 aromatic carbocycles. The number of hydrazine groups is 1. The average Bonchev–Trinajstić information content (AvgIpc) is 2.49. The van der Waals surface area contributed by atoms with Crippen LogP contribution in [0.15, 0.2) is 47.6 Å². The number of ether oxygens (including phenoxy) is 1. The Morgan fingerprint density at radius 2 is 1.95 bits per heavy atom. The zero-order chi connectivity index (χ0) is 13.7. The van der Waals surface area contributed by atoms with E-state index in [9.17, 15) is 0 Å². The van der Waals surface area contributed by atoms with E-state index in [1.54, 1.807) is 31.3 Å². The summed E-state index contributed by atoms with van der Waals surface area (Å²) < 4.78 is 5.19. The Hall–Kier alpha value is -1.56. The summed E-state index contributed by atoms with van der Waals surface area (Å²) in [4.78, 5) is 5.38. The Balaban J connectivity index is 2.31. The van der Waals surface area contributed by atoms with E-state index in [1.807, 2.05) is 6.07 Å². The van der Waals surface area contributed by atoms with Crippen molar-refractivity contribution in [2.45, 2.75) is 10.9 Å². The van der Waals surface area contributed by atoms with Crippen LogP contribution in [0.25, 0.3) is 0 Å². The van der Waals surface area contributed by atoms with E-state index in [0.29, 0.717) is 0 Å². The second-order valence-corrected chi connectivity index (χ2v) is 4.91. The Kier molecular flexibility index (Phi) is 4.79. The minimum absolute atomic E-state index is 0.0986. The number of pyridine rings is 1. The van der Waals surface area contributed by atoms with E-state index < -0.39 is 0 Å². The maximum Gasteiger partial charge on any atom is 0.137 e. The van der Waals surface area contributed by atoms with Gasteiger partial charge in [0.25, 0.3) is 0 Å². The molecule has 1 aromatic heterocycles. The van der Waals surface area contributed by atoms with Gasteiger partial charge in [-0.3, -0.25) is 10.8 Å². The van der Waals surface area contributed by atoms with Gasteiger partial charge < -0.3 is 4.74 Å². The van der Waals surface area contributed by atoms with Gasteiger partial charge in [-0.25, -0.2) is 5.43 Å². The van der Waals surface area contributed by atoms with Crippen LogP contribution in [0.4, 0.5) is 0 Å². The van der Waals surface area contributed by atoms with Crippen molar-refractivity contribution in [1.29, 1.82) is 0 Å². The van der Waals surface area contributed by atoms with Crippen LogP contribution in [-0.4, -0.2) is 18.3 Å². The summed E-state index contributed by atoms with van der Waals surface area (Å²) in [6.45, 7) is 0. The molecule has 5 heteroatoms. The molecule has 0 saturated heterocycles. The van der Waals surface area contributed by atoms with Crippen molar-refractivity contribution in [2.24, 2.45) is 5.84 Å². The van der Waals surface area contributed by atoms with Crippen molar-refractivity contribution in [3.05, 3.63) is 53.9 Å². The maximum absolute atomic E-state index is 5.68. The molecular weight excluding hydrogens is 258 g/mol. The highest BCUT2D eigenvalue weighted by molar-refractivity contribution is 7.98. The molecule has 0 saturated carbocycles. The first-order valence-corrected chi connectivity index (χ1v) is 7.10. The summed E-state index contributed by atoms with van der Waals surface area (Å²) in [7, 11) is 1.62. The number of methoxy groups -OCH3 is 1. The fraction of sp³-hybridized carbons (Fsp3) is 0.214. The molecule has 0 aliphatic carbocycles. The van der Waals surface area contributed by atoms with Gasteiger partial charge in [-0.05, 0) is 35.6 Å². The Morgan fingerprint density at radius 3 is 2.53 bits per heavy atom. The van der Waals surface area contributed by atoms with Crippen LogP contribution in [-0.2, 0) is 0 Å². The molecule has 0 spiro atoms. The fourth-order valence-electron chi connectivity index (χ4n) is 1.89. The average molecular weight is 275 g/mol. The van der Waals surface area contributed by atoms with E-state index in [0.717, 1.165) is 16.9 Å². The van der Waals surface area contributed by atoms with E-state index in [2.05, 4.69) is 40.9 Å². The van der Waals surface area contributed by atoms with Gasteiger partial charge in [0.1, 0.15) is 5.75 Å². The van der Waals surface area contributed by atoms with E-state index >= 15 is 0 Å². The van der Waals surface area contributed by atoms with Crippen molar-refractivity contribution in [3.8, 4) is 5.75 Å². The molecule has 1 atom stereocenters. The van der Waals surface area contributed by atoms with Crippen molar-refractivity contribution < 1.29 is 4.74 Å². The number of nitrogens with two attached hydrogens (primary N) is 1. The lowest BCUT2D eigenvalue weighted by Crippen LogP contribution is -2.28. The number of hydrogen-bond acceptors (Lipinski definition) is 5. The summed E-state index contributed by atoms with van der Waals surface area (Å²) in [5, 5.41) is 0. The molecule has 0 fully saturated rings. The zero-order valence-corrected chi connectivity index (χ0v) is 11.8. The lowest BCUT2D eigenvalue weighted by Gasteiger charge is -2.17. The van der Waals surface area contributed by atoms with E-state index in [4.69, 9.17) is 10.6 Å². The molecular formula is C14H17N3OS. The first kappa shape index (κ1) is 13.9. The van der Waals surface area contributed by atoms with Crippen molar-refractivity contribution in [1.82, 2.24) is 10.4 Å². The third kappa shape index (κ3) is 3.26. The smallest absolute Gasteiger partial charge is 0.137 e. The van der Waals surface area contributed by atoms with Gasteiger partial charge in [0.05, 0.1) is 19.3 Å². The third-order valence-corrected chi connectivity index (χ3v) is 3.66. The minimum atomic E-state index is -0.0986. The molecule has 0 aliphatic heterocycles. The summed E-state index contributed by atoms with van der Waals surface area (Å²) in [5.74, 6) is 6.40. The summed E-state index contributed by atoms with van der Waals surface area (Å²) in [6.07, 6.45) is 5.52. The van der Waals surface area contributed by atoms with Crippen LogP contribution >= 0.6 is 11.8 Å². The molecule has 0 aliphatic rings. The van der Waals surface area contributed by atoms with Gasteiger partial charge >= 0.3 is 0 Å².